The highest BCUT2D eigenvalue weighted by Gasteiger charge is 2.41. The summed E-state index contributed by atoms with van der Waals surface area (Å²) in [5.41, 5.74) is -0.538. The van der Waals surface area contributed by atoms with E-state index in [1.165, 1.54) is 6.42 Å². The fourth-order valence-electron chi connectivity index (χ4n) is 2.82. The molecule has 1 aliphatic carbocycles. The van der Waals surface area contributed by atoms with E-state index in [0.717, 1.165) is 25.7 Å². The monoisotopic (exact) mass is 248 g/mol. The van der Waals surface area contributed by atoms with Gasteiger partial charge in [0.15, 0.2) is 0 Å². The van der Waals surface area contributed by atoms with Crippen molar-refractivity contribution in [3.63, 3.8) is 0 Å². The molecule has 3 heteroatoms. The first kappa shape index (κ1) is 13.2. The molecule has 1 saturated carbocycles. The lowest BCUT2D eigenvalue weighted by atomic mass is 9.80. The summed E-state index contributed by atoms with van der Waals surface area (Å²) < 4.78 is 2.10. The Morgan fingerprint density at radius 3 is 2.17 bits per heavy atom. The van der Waals surface area contributed by atoms with E-state index in [-0.39, 0.29) is 17.0 Å². The van der Waals surface area contributed by atoms with Crippen molar-refractivity contribution in [3.05, 3.63) is 24.5 Å². The third kappa shape index (κ3) is 2.60. The maximum Gasteiger partial charge on any atom is 0.246 e. The quantitative estimate of drug-likeness (QED) is 0.857. The van der Waals surface area contributed by atoms with E-state index in [1.54, 1.807) is 0 Å². The van der Waals surface area contributed by atoms with Crippen LogP contribution in [-0.4, -0.2) is 16.0 Å². The fraction of sp³-hybridized carbons (Fsp3) is 0.667. The van der Waals surface area contributed by atoms with Crippen LogP contribution < -0.4 is 5.32 Å². The summed E-state index contributed by atoms with van der Waals surface area (Å²) in [5, 5.41) is 3.16. The molecule has 0 spiro atoms. The minimum Gasteiger partial charge on any atom is -0.349 e. The second kappa shape index (κ2) is 4.79. The van der Waals surface area contributed by atoms with Gasteiger partial charge in [-0.15, -0.1) is 0 Å². The van der Waals surface area contributed by atoms with Gasteiger partial charge in [-0.05, 0) is 45.7 Å². The van der Waals surface area contributed by atoms with Crippen LogP contribution in [0, 0.1) is 0 Å². The maximum atomic E-state index is 12.7. The molecule has 1 heterocycles. The van der Waals surface area contributed by atoms with Gasteiger partial charge in [-0.1, -0.05) is 19.3 Å². The number of rotatable bonds is 2. The first-order valence-corrected chi connectivity index (χ1v) is 6.90. The van der Waals surface area contributed by atoms with Crippen LogP contribution in [-0.2, 0) is 10.3 Å². The lowest BCUT2D eigenvalue weighted by Gasteiger charge is -2.39. The number of amides is 1. The van der Waals surface area contributed by atoms with Crippen LogP contribution in [0.2, 0.25) is 0 Å². The van der Waals surface area contributed by atoms with Gasteiger partial charge in [0.25, 0.3) is 0 Å². The molecule has 1 amide bonds. The summed E-state index contributed by atoms with van der Waals surface area (Å²) in [6.07, 6.45) is 9.45. The third-order valence-corrected chi connectivity index (χ3v) is 3.69. The average Bonchev–Trinajstić information content (AvgIpc) is 2.81. The lowest BCUT2D eigenvalue weighted by Crippen LogP contribution is -2.54. The number of aromatic nitrogens is 1. The Labute approximate surface area is 110 Å². The maximum absolute atomic E-state index is 12.7. The number of hydrogen-bond acceptors (Lipinski definition) is 1. The highest BCUT2D eigenvalue weighted by Crippen LogP contribution is 2.35. The zero-order valence-electron chi connectivity index (χ0n) is 11.7. The summed E-state index contributed by atoms with van der Waals surface area (Å²) in [6.45, 7) is 6.12. The molecule has 1 aromatic heterocycles. The van der Waals surface area contributed by atoms with Crippen LogP contribution in [0.15, 0.2) is 24.5 Å². The molecule has 0 saturated heterocycles. The molecule has 0 unspecified atom stereocenters. The second-order valence-corrected chi connectivity index (χ2v) is 6.39. The Kier molecular flexibility index (Phi) is 3.51. The zero-order chi connectivity index (χ0) is 13.2. The Morgan fingerprint density at radius 2 is 1.67 bits per heavy atom. The van der Waals surface area contributed by atoms with E-state index in [9.17, 15) is 4.79 Å². The standard InChI is InChI=1S/C15H24N2O/c1-14(2,3)16-13(18)15(9-5-4-6-10-15)17-11-7-8-12-17/h7-8,11-12H,4-6,9-10H2,1-3H3,(H,16,18). The summed E-state index contributed by atoms with van der Waals surface area (Å²) in [7, 11) is 0. The lowest BCUT2D eigenvalue weighted by molar-refractivity contribution is -0.133. The molecular weight excluding hydrogens is 224 g/mol. The van der Waals surface area contributed by atoms with Crippen molar-refractivity contribution in [1.29, 1.82) is 0 Å². The van der Waals surface area contributed by atoms with Crippen molar-refractivity contribution in [1.82, 2.24) is 9.88 Å². The molecule has 1 fully saturated rings. The molecule has 1 N–H and O–H groups in total. The van der Waals surface area contributed by atoms with Crippen LogP contribution >= 0.6 is 0 Å². The van der Waals surface area contributed by atoms with Gasteiger partial charge in [-0.25, -0.2) is 0 Å². The molecule has 1 aromatic rings. The Morgan fingerprint density at radius 1 is 1.11 bits per heavy atom. The summed E-state index contributed by atoms with van der Waals surface area (Å²) in [5.74, 6) is 0.172. The molecule has 0 radical (unpaired) electrons. The van der Waals surface area contributed by atoms with Crippen molar-refractivity contribution >= 4 is 5.91 Å². The Bertz CT molecular complexity index is 395. The molecule has 1 aliphatic rings. The predicted molar refractivity (Wildman–Crippen MR) is 73.4 cm³/mol. The molecular formula is C15H24N2O. The van der Waals surface area contributed by atoms with Crippen LogP contribution in [0.5, 0.6) is 0 Å². The second-order valence-electron chi connectivity index (χ2n) is 6.39. The van der Waals surface area contributed by atoms with Gasteiger partial charge in [-0.3, -0.25) is 4.79 Å². The Balaban J connectivity index is 2.28. The molecule has 18 heavy (non-hydrogen) atoms. The molecule has 3 nitrogen and oxygen atoms in total. The van der Waals surface area contributed by atoms with E-state index in [4.69, 9.17) is 0 Å². The first-order chi connectivity index (χ1) is 8.44. The summed E-state index contributed by atoms with van der Waals surface area (Å²) >= 11 is 0. The van der Waals surface area contributed by atoms with Gasteiger partial charge in [0.2, 0.25) is 5.91 Å². The SMILES string of the molecule is CC(C)(C)NC(=O)C1(n2cccc2)CCCCC1. The molecule has 0 bridgehead atoms. The van der Waals surface area contributed by atoms with Gasteiger partial charge >= 0.3 is 0 Å². The topological polar surface area (TPSA) is 34.0 Å². The highest BCUT2D eigenvalue weighted by molar-refractivity contribution is 5.85. The first-order valence-electron chi connectivity index (χ1n) is 6.90. The minimum atomic E-state index is -0.366. The van der Waals surface area contributed by atoms with Crippen LogP contribution in [0.4, 0.5) is 0 Å². The molecule has 0 aliphatic heterocycles. The van der Waals surface area contributed by atoms with Gasteiger partial charge in [0.05, 0.1) is 0 Å². The highest BCUT2D eigenvalue weighted by atomic mass is 16.2. The molecule has 0 atom stereocenters. The van der Waals surface area contributed by atoms with Crippen LogP contribution in [0.1, 0.15) is 52.9 Å². The number of hydrogen-bond donors (Lipinski definition) is 1. The van der Waals surface area contributed by atoms with Gasteiger partial charge in [-0.2, -0.15) is 0 Å². The third-order valence-electron chi connectivity index (χ3n) is 3.69. The van der Waals surface area contributed by atoms with Crippen molar-refractivity contribution in [2.45, 2.75) is 64.0 Å². The molecule has 100 valence electrons. The van der Waals surface area contributed by atoms with Crippen molar-refractivity contribution in [3.8, 4) is 0 Å². The number of nitrogens with zero attached hydrogens (tertiary/aromatic N) is 1. The summed E-state index contributed by atoms with van der Waals surface area (Å²) in [4.78, 5) is 12.7. The zero-order valence-corrected chi connectivity index (χ0v) is 11.7. The van der Waals surface area contributed by atoms with Gasteiger partial charge < -0.3 is 9.88 Å². The van der Waals surface area contributed by atoms with E-state index in [1.807, 2.05) is 45.3 Å². The Hall–Kier alpha value is -1.25. The van der Waals surface area contributed by atoms with E-state index < -0.39 is 0 Å². The van der Waals surface area contributed by atoms with Crippen molar-refractivity contribution in [2.75, 3.05) is 0 Å². The number of nitrogens with one attached hydrogen (secondary N) is 1. The number of carbonyl (C=O) groups excluding carboxylic acids is 1. The number of carbonyl (C=O) groups is 1. The van der Waals surface area contributed by atoms with Gasteiger partial charge in [0.1, 0.15) is 5.54 Å². The fourth-order valence-corrected chi connectivity index (χ4v) is 2.82. The smallest absolute Gasteiger partial charge is 0.246 e. The van der Waals surface area contributed by atoms with Crippen LogP contribution in [0.25, 0.3) is 0 Å². The van der Waals surface area contributed by atoms with E-state index >= 15 is 0 Å². The average molecular weight is 248 g/mol. The summed E-state index contributed by atoms with van der Waals surface area (Å²) in [6, 6.07) is 4.00. The van der Waals surface area contributed by atoms with Crippen molar-refractivity contribution in [2.24, 2.45) is 0 Å². The predicted octanol–water partition coefficient (Wildman–Crippen LogP) is 3.06. The molecule has 0 aromatic carbocycles. The van der Waals surface area contributed by atoms with Gasteiger partial charge in [0, 0.05) is 17.9 Å². The van der Waals surface area contributed by atoms with E-state index in [0.29, 0.717) is 0 Å². The van der Waals surface area contributed by atoms with Crippen molar-refractivity contribution < 1.29 is 4.79 Å². The van der Waals surface area contributed by atoms with E-state index in [2.05, 4.69) is 9.88 Å². The minimum absolute atomic E-state index is 0.172. The normalized spacial score (nSPS) is 19.5. The largest absolute Gasteiger partial charge is 0.349 e. The van der Waals surface area contributed by atoms with Crippen LogP contribution in [0.3, 0.4) is 0 Å². The molecule has 2 rings (SSSR count).